The molecule has 0 unspecified atom stereocenters. The van der Waals surface area contributed by atoms with Crippen LogP contribution in [0.2, 0.25) is 0 Å². The van der Waals surface area contributed by atoms with E-state index < -0.39 is 16.7 Å². The lowest BCUT2D eigenvalue weighted by Gasteiger charge is -2.34. The Labute approximate surface area is 169 Å². The zero-order valence-electron chi connectivity index (χ0n) is 16.1. The topological polar surface area (TPSA) is 75.4 Å². The van der Waals surface area contributed by atoms with E-state index in [2.05, 4.69) is 14.9 Å². The molecule has 1 aromatic heterocycles. The molecule has 0 N–H and O–H groups in total. The van der Waals surface area contributed by atoms with E-state index in [1.165, 1.54) is 24.4 Å². The molecular weight excluding hydrogens is 399 g/mol. The number of non-ortho nitro benzene ring substituents is 1. The average Bonchev–Trinajstić information content (AvgIpc) is 2.72. The van der Waals surface area contributed by atoms with Gasteiger partial charge in [-0.2, -0.15) is 13.2 Å². The number of hydrogen-bond donors (Lipinski definition) is 0. The molecule has 156 valence electrons. The van der Waals surface area contributed by atoms with E-state index in [-0.39, 0.29) is 17.1 Å². The summed E-state index contributed by atoms with van der Waals surface area (Å²) in [4.78, 5) is 23.0. The minimum Gasteiger partial charge on any atom is -0.369 e. The average molecular weight is 417 g/mol. The van der Waals surface area contributed by atoms with Crippen molar-refractivity contribution in [2.24, 2.45) is 0 Å². The molecule has 1 aliphatic heterocycles. The smallest absolute Gasteiger partial charge is 0.369 e. The molecule has 3 aromatic rings. The molecule has 0 atom stereocenters. The van der Waals surface area contributed by atoms with Crippen molar-refractivity contribution >= 4 is 22.3 Å². The van der Waals surface area contributed by atoms with Crippen LogP contribution in [0.15, 0.2) is 42.6 Å². The summed E-state index contributed by atoms with van der Waals surface area (Å²) in [5.74, 6) is 0.0875. The van der Waals surface area contributed by atoms with Crippen molar-refractivity contribution in [1.29, 1.82) is 0 Å². The lowest BCUT2D eigenvalue weighted by Crippen LogP contribution is -2.44. The molecule has 7 nitrogen and oxygen atoms in total. The Hall–Kier alpha value is -3.27. The Morgan fingerprint density at radius 1 is 1.07 bits per heavy atom. The second-order valence-corrected chi connectivity index (χ2v) is 7.25. The van der Waals surface area contributed by atoms with Crippen molar-refractivity contribution in [2.45, 2.75) is 6.18 Å². The van der Waals surface area contributed by atoms with E-state index in [0.717, 1.165) is 25.2 Å². The molecule has 0 amide bonds. The van der Waals surface area contributed by atoms with Crippen LogP contribution in [-0.4, -0.2) is 53.0 Å². The van der Waals surface area contributed by atoms with Gasteiger partial charge in [0.1, 0.15) is 0 Å². The van der Waals surface area contributed by atoms with Gasteiger partial charge in [0.15, 0.2) is 5.82 Å². The van der Waals surface area contributed by atoms with Crippen LogP contribution in [-0.2, 0) is 6.18 Å². The van der Waals surface area contributed by atoms with E-state index in [1.54, 1.807) is 6.07 Å². The molecule has 1 aliphatic rings. The molecule has 0 radical (unpaired) electrons. The second-order valence-electron chi connectivity index (χ2n) is 7.25. The van der Waals surface area contributed by atoms with Crippen LogP contribution in [0.4, 0.5) is 24.5 Å². The second kappa shape index (κ2) is 7.52. The molecule has 0 saturated carbocycles. The monoisotopic (exact) mass is 417 g/mol. The number of likely N-dealkylation sites (N-methyl/N-ethyl adjacent to an activating group) is 1. The molecule has 0 aliphatic carbocycles. The summed E-state index contributed by atoms with van der Waals surface area (Å²) in [7, 11) is 1.97. The van der Waals surface area contributed by atoms with Crippen molar-refractivity contribution in [3.63, 3.8) is 0 Å². The highest BCUT2D eigenvalue weighted by Crippen LogP contribution is 2.36. The predicted octanol–water partition coefficient (Wildman–Crippen LogP) is 3.98. The van der Waals surface area contributed by atoms with Crippen LogP contribution >= 0.6 is 0 Å². The van der Waals surface area contributed by atoms with E-state index in [0.29, 0.717) is 29.7 Å². The summed E-state index contributed by atoms with van der Waals surface area (Å²) >= 11 is 0. The Morgan fingerprint density at radius 2 is 1.80 bits per heavy atom. The summed E-state index contributed by atoms with van der Waals surface area (Å²) in [6.45, 7) is 2.73. The van der Waals surface area contributed by atoms with Gasteiger partial charge in [0, 0.05) is 61.1 Å². The summed E-state index contributed by atoms with van der Waals surface area (Å²) < 4.78 is 40.6. The number of benzene rings is 2. The van der Waals surface area contributed by atoms with E-state index in [1.807, 2.05) is 11.9 Å². The van der Waals surface area contributed by atoms with Crippen molar-refractivity contribution in [3.05, 3.63) is 58.3 Å². The third kappa shape index (κ3) is 4.04. The summed E-state index contributed by atoms with van der Waals surface area (Å²) in [6.07, 6.45) is -3.07. The number of nitro benzene ring substituents is 1. The first-order valence-corrected chi connectivity index (χ1v) is 9.28. The SMILES string of the molecule is CN1CCN(c2cc(-c3ncc4ccc([N+](=O)[O-])cc4n3)cc(C(F)(F)F)c2)CC1. The Balaban J connectivity index is 1.80. The first-order valence-electron chi connectivity index (χ1n) is 9.28. The number of anilines is 1. The third-order valence-electron chi connectivity index (χ3n) is 5.15. The Morgan fingerprint density at radius 3 is 2.47 bits per heavy atom. The first kappa shape index (κ1) is 20.0. The number of alkyl halides is 3. The summed E-state index contributed by atoms with van der Waals surface area (Å²) in [5, 5.41) is 11.6. The fourth-order valence-corrected chi connectivity index (χ4v) is 3.42. The van der Waals surface area contributed by atoms with Crippen LogP contribution in [0.25, 0.3) is 22.3 Å². The number of aromatic nitrogens is 2. The van der Waals surface area contributed by atoms with Crippen LogP contribution in [0, 0.1) is 10.1 Å². The molecule has 1 saturated heterocycles. The summed E-state index contributed by atoms with van der Waals surface area (Å²) in [5.41, 5.74) is 0.0431. The number of nitrogens with zero attached hydrogens (tertiary/aromatic N) is 5. The Kier molecular flexibility index (Phi) is 5.02. The molecule has 0 spiro atoms. The minimum absolute atomic E-state index is 0.0875. The number of rotatable bonds is 3. The van der Waals surface area contributed by atoms with E-state index in [4.69, 9.17) is 0 Å². The van der Waals surface area contributed by atoms with Crippen LogP contribution in [0.5, 0.6) is 0 Å². The number of hydrogen-bond acceptors (Lipinski definition) is 6. The quantitative estimate of drug-likeness (QED) is 0.474. The third-order valence-corrected chi connectivity index (χ3v) is 5.15. The van der Waals surface area contributed by atoms with Gasteiger partial charge < -0.3 is 9.80 Å². The molecule has 30 heavy (non-hydrogen) atoms. The van der Waals surface area contributed by atoms with Gasteiger partial charge in [-0.05, 0) is 31.3 Å². The van der Waals surface area contributed by atoms with E-state index in [9.17, 15) is 23.3 Å². The normalized spacial score (nSPS) is 15.5. The van der Waals surface area contributed by atoms with Gasteiger partial charge in [-0.25, -0.2) is 9.97 Å². The molecule has 2 aromatic carbocycles. The van der Waals surface area contributed by atoms with Crippen LogP contribution in [0.3, 0.4) is 0 Å². The maximum atomic E-state index is 13.5. The van der Waals surface area contributed by atoms with Crippen LogP contribution in [0.1, 0.15) is 5.56 Å². The highest BCUT2D eigenvalue weighted by Gasteiger charge is 2.32. The molecule has 2 heterocycles. The van der Waals surface area contributed by atoms with Crippen molar-refractivity contribution in [2.75, 3.05) is 38.1 Å². The fraction of sp³-hybridized carbons (Fsp3) is 0.300. The van der Waals surface area contributed by atoms with Gasteiger partial charge in [0.05, 0.1) is 16.0 Å². The lowest BCUT2D eigenvalue weighted by atomic mass is 10.1. The lowest BCUT2D eigenvalue weighted by molar-refractivity contribution is -0.384. The maximum absolute atomic E-state index is 13.5. The highest BCUT2D eigenvalue weighted by molar-refractivity contribution is 5.82. The number of piperazine rings is 1. The molecule has 1 fully saturated rings. The van der Waals surface area contributed by atoms with Crippen molar-refractivity contribution < 1.29 is 18.1 Å². The van der Waals surface area contributed by atoms with Crippen molar-refractivity contribution in [1.82, 2.24) is 14.9 Å². The maximum Gasteiger partial charge on any atom is 0.416 e. The zero-order chi connectivity index (χ0) is 21.5. The highest BCUT2D eigenvalue weighted by atomic mass is 19.4. The van der Waals surface area contributed by atoms with Gasteiger partial charge in [0.2, 0.25) is 0 Å². The molecular formula is C20H18F3N5O2. The van der Waals surface area contributed by atoms with Gasteiger partial charge >= 0.3 is 6.18 Å². The van der Waals surface area contributed by atoms with E-state index >= 15 is 0 Å². The zero-order valence-corrected chi connectivity index (χ0v) is 16.1. The minimum atomic E-state index is -4.52. The van der Waals surface area contributed by atoms with Gasteiger partial charge in [-0.1, -0.05) is 0 Å². The predicted molar refractivity (Wildman–Crippen MR) is 106 cm³/mol. The fourth-order valence-electron chi connectivity index (χ4n) is 3.42. The standard InChI is InChI=1S/C20H18F3N5O2/c1-26-4-6-27(7-5-26)17-9-14(8-15(10-17)20(21,22)23)19-24-12-13-2-3-16(28(29)30)11-18(13)25-19/h2-3,8-12H,4-7H2,1H3. The molecule has 4 rings (SSSR count). The Bertz CT molecular complexity index is 1110. The number of halogens is 3. The first-order chi connectivity index (χ1) is 14.2. The molecule has 10 heteroatoms. The van der Waals surface area contributed by atoms with Gasteiger partial charge in [0.25, 0.3) is 5.69 Å². The number of fused-ring (bicyclic) bond motifs is 1. The van der Waals surface area contributed by atoms with Crippen molar-refractivity contribution in [3.8, 4) is 11.4 Å². The number of nitro groups is 1. The summed E-state index contributed by atoms with van der Waals surface area (Å²) in [6, 6.07) is 7.92. The largest absolute Gasteiger partial charge is 0.416 e. The van der Waals surface area contributed by atoms with Gasteiger partial charge in [-0.15, -0.1) is 0 Å². The molecule has 0 bridgehead atoms. The van der Waals surface area contributed by atoms with Gasteiger partial charge in [-0.3, -0.25) is 10.1 Å². The van der Waals surface area contributed by atoms with Crippen LogP contribution < -0.4 is 4.90 Å².